The minimum atomic E-state index is -0.483. The van der Waals surface area contributed by atoms with Gasteiger partial charge >= 0.3 is 0 Å². The van der Waals surface area contributed by atoms with E-state index in [9.17, 15) is 4.79 Å². The monoisotopic (exact) mass is 363 g/mol. The van der Waals surface area contributed by atoms with Crippen LogP contribution < -0.4 is 10.7 Å². The van der Waals surface area contributed by atoms with E-state index < -0.39 is 5.41 Å². The first kappa shape index (κ1) is 19.3. The highest BCUT2D eigenvalue weighted by Gasteiger charge is 2.20. The van der Waals surface area contributed by atoms with Crippen LogP contribution >= 0.6 is 0 Å². The van der Waals surface area contributed by atoms with Gasteiger partial charge in [0.1, 0.15) is 0 Å². The fourth-order valence-corrected chi connectivity index (χ4v) is 3.05. The van der Waals surface area contributed by atoms with Crippen molar-refractivity contribution in [2.75, 3.05) is 6.54 Å². The Labute approximate surface area is 160 Å². The molecule has 0 aliphatic heterocycles. The number of aromatic amines is 1. The third-order valence-corrected chi connectivity index (χ3v) is 4.55. The molecule has 2 aromatic carbocycles. The zero-order chi connectivity index (χ0) is 19.6. The maximum Gasteiger partial charge on any atom is 0.251 e. The van der Waals surface area contributed by atoms with Crippen molar-refractivity contribution in [3.05, 3.63) is 53.4 Å². The molecule has 0 aliphatic rings. The zero-order valence-electron chi connectivity index (χ0n) is 16.9. The molecule has 0 aliphatic carbocycles. The summed E-state index contributed by atoms with van der Waals surface area (Å²) in [6.45, 7) is 11.9. The number of carbonyl (C=O) groups is 1. The van der Waals surface area contributed by atoms with Crippen molar-refractivity contribution < 1.29 is 4.79 Å². The summed E-state index contributed by atoms with van der Waals surface area (Å²) in [5.41, 5.74) is 2.90. The maximum absolute atomic E-state index is 12.3. The molecular formula is C23H29N3O. The second-order valence-electron chi connectivity index (χ2n) is 8.58. The number of hydrogen-bond acceptors (Lipinski definition) is 2. The predicted molar refractivity (Wildman–Crippen MR) is 112 cm³/mol. The van der Waals surface area contributed by atoms with Gasteiger partial charge in [0.25, 0.3) is 5.91 Å². The van der Waals surface area contributed by atoms with Crippen molar-refractivity contribution in [3.63, 3.8) is 0 Å². The van der Waals surface area contributed by atoms with E-state index in [0.29, 0.717) is 11.3 Å². The van der Waals surface area contributed by atoms with Crippen molar-refractivity contribution in [2.24, 2.45) is 16.3 Å². The molecule has 3 aromatic rings. The number of nitrogens with zero attached hydrogens (tertiary/aromatic N) is 1. The summed E-state index contributed by atoms with van der Waals surface area (Å²) in [6.07, 6.45) is 0. The quantitative estimate of drug-likeness (QED) is 0.715. The van der Waals surface area contributed by atoms with Crippen LogP contribution in [0, 0.1) is 11.3 Å². The van der Waals surface area contributed by atoms with Crippen LogP contribution in [-0.4, -0.2) is 17.4 Å². The molecule has 3 rings (SSSR count). The zero-order valence-corrected chi connectivity index (χ0v) is 16.9. The molecule has 4 heteroatoms. The number of fused-ring (bicyclic) bond motifs is 3. The molecule has 0 fully saturated rings. The maximum atomic E-state index is 12.3. The number of carbonyl (C=O) groups excluding carboxylic acids is 1. The number of rotatable bonds is 4. The van der Waals surface area contributed by atoms with E-state index in [-0.39, 0.29) is 5.91 Å². The number of para-hydroxylation sites is 1. The number of amides is 1. The summed E-state index contributed by atoms with van der Waals surface area (Å²) in [6, 6.07) is 14.3. The van der Waals surface area contributed by atoms with Gasteiger partial charge in [-0.3, -0.25) is 4.79 Å². The van der Waals surface area contributed by atoms with E-state index in [2.05, 4.69) is 53.4 Å². The van der Waals surface area contributed by atoms with Crippen LogP contribution in [0.1, 0.15) is 40.2 Å². The van der Waals surface area contributed by atoms with Crippen LogP contribution in [-0.2, 0) is 11.3 Å². The molecular weight excluding hydrogens is 334 g/mol. The molecule has 142 valence electrons. The molecule has 0 unspecified atom stereocenters. The summed E-state index contributed by atoms with van der Waals surface area (Å²) in [5, 5.41) is 6.52. The van der Waals surface area contributed by atoms with Crippen LogP contribution in [0.25, 0.3) is 21.8 Å². The van der Waals surface area contributed by atoms with E-state index >= 15 is 0 Å². The van der Waals surface area contributed by atoms with Gasteiger partial charge in [-0.05, 0) is 30.2 Å². The van der Waals surface area contributed by atoms with Crippen molar-refractivity contribution in [1.82, 2.24) is 10.3 Å². The first-order valence-corrected chi connectivity index (χ1v) is 9.59. The van der Waals surface area contributed by atoms with Gasteiger partial charge in [-0.15, -0.1) is 0 Å². The Morgan fingerprint density at radius 2 is 1.81 bits per heavy atom. The van der Waals surface area contributed by atoms with E-state index in [0.717, 1.165) is 29.5 Å². The summed E-state index contributed by atoms with van der Waals surface area (Å²) >= 11 is 0. The third-order valence-electron chi connectivity index (χ3n) is 4.55. The van der Waals surface area contributed by atoms with Gasteiger partial charge in [0, 0.05) is 28.2 Å². The van der Waals surface area contributed by atoms with Crippen molar-refractivity contribution >= 4 is 27.7 Å². The smallest absolute Gasteiger partial charge is 0.251 e. The van der Waals surface area contributed by atoms with Crippen LogP contribution in [0.2, 0.25) is 0 Å². The predicted octanol–water partition coefficient (Wildman–Crippen LogP) is 4.54. The van der Waals surface area contributed by atoms with Gasteiger partial charge in [0.05, 0.1) is 10.9 Å². The largest absolute Gasteiger partial charge is 0.354 e. The molecule has 0 radical (unpaired) electrons. The van der Waals surface area contributed by atoms with Gasteiger partial charge in [-0.1, -0.05) is 65.0 Å². The minimum Gasteiger partial charge on any atom is -0.354 e. The van der Waals surface area contributed by atoms with E-state index in [1.807, 2.05) is 39.0 Å². The number of nitrogens with one attached hydrogen (secondary N) is 2. The first-order valence-electron chi connectivity index (χ1n) is 9.59. The Kier molecular flexibility index (Phi) is 5.47. The normalized spacial score (nSPS) is 13.0. The lowest BCUT2D eigenvalue weighted by Gasteiger charge is -2.11. The van der Waals surface area contributed by atoms with Gasteiger partial charge in [0.15, 0.2) is 0 Å². The molecule has 0 spiro atoms. The molecule has 0 atom stereocenters. The first-order chi connectivity index (χ1) is 12.8. The van der Waals surface area contributed by atoms with Crippen molar-refractivity contribution in [1.29, 1.82) is 0 Å². The molecule has 0 saturated carbocycles. The highest BCUT2D eigenvalue weighted by Crippen LogP contribution is 2.26. The Hall–Kier alpha value is -2.46. The fourth-order valence-electron chi connectivity index (χ4n) is 3.05. The summed E-state index contributed by atoms with van der Waals surface area (Å²) in [4.78, 5) is 20.1. The lowest BCUT2D eigenvalue weighted by molar-refractivity contribution is -0.125. The number of aromatic nitrogens is 1. The highest BCUT2D eigenvalue weighted by atomic mass is 16.1. The molecule has 0 saturated heterocycles. The van der Waals surface area contributed by atoms with Gasteiger partial charge in [-0.25, -0.2) is 4.99 Å². The minimum absolute atomic E-state index is 0.114. The number of hydrogen-bond donors (Lipinski definition) is 2. The van der Waals surface area contributed by atoms with Gasteiger partial charge in [-0.2, -0.15) is 0 Å². The number of benzene rings is 1. The molecule has 4 nitrogen and oxygen atoms in total. The van der Waals surface area contributed by atoms with Crippen LogP contribution in [0.4, 0.5) is 0 Å². The molecule has 1 amide bonds. The summed E-state index contributed by atoms with van der Waals surface area (Å²) in [7, 11) is 0. The lowest BCUT2D eigenvalue weighted by Crippen LogP contribution is -2.20. The van der Waals surface area contributed by atoms with E-state index in [4.69, 9.17) is 0 Å². The fraction of sp³-hybridized carbons (Fsp3) is 0.391. The summed E-state index contributed by atoms with van der Waals surface area (Å²) < 4.78 is 0. The SMILES string of the molecule is CC(C)CNCc1cccc2c1[nH]c1cc(=NC(=O)C(C)(C)C)cccc12. The Morgan fingerprint density at radius 3 is 2.52 bits per heavy atom. The van der Waals surface area contributed by atoms with Gasteiger partial charge < -0.3 is 10.3 Å². The molecule has 2 N–H and O–H groups in total. The van der Waals surface area contributed by atoms with Gasteiger partial charge in [0.2, 0.25) is 0 Å². The molecule has 27 heavy (non-hydrogen) atoms. The van der Waals surface area contributed by atoms with Crippen molar-refractivity contribution in [2.45, 2.75) is 41.2 Å². The molecule has 1 aromatic heterocycles. The second kappa shape index (κ2) is 7.65. The van der Waals surface area contributed by atoms with Crippen LogP contribution in [0.3, 0.4) is 0 Å². The topological polar surface area (TPSA) is 57.2 Å². The average molecular weight is 364 g/mol. The standard InChI is InChI=1S/C23H29N3O/c1-15(2)13-24-14-16-8-6-11-19-18-10-7-9-17(12-20(18)26-21(16)19)25-22(27)23(3,4)5/h6-12,15,24,26H,13-14H2,1-5H3. The van der Waals surface area contributed by atoms with E-state index in [1.165, 1.54) is 10.9 Å². The van der Waals surface area contributed by atoms with Crippen LogP contribution in [0.15, 0.2) is 47.5 Å². The lowest BCUT2D eigenvalue weighted by atomic mass is 9.96. The molecule has 1 heterocycles. The third kappa shape index (κ3) is 4.45. The highest BCUT2D eigenvalue weighted by molar-refractivity contribution is 6.07. The Balaban J connectivity index is 2.08. The second-order valence-corrected chi connectivity index (χ2v) is 8.58. The summed E-state index contributed by atoms with van der Waals surface area (Å²) in [5.74, 6) is 0.507. The number of H-pyrrole nitrogens is 1. The molecule has 0 bridgehead atoms. The van der Waals surface area contributed by atoms with Crippen LogP contribution in [0.5, 0.6) is 0 Å². The Morgan fingerprint density at radius 1 is 1.11 bits per heavy atom. The van der Waals surface area contributed by atoms with Crippen molar-refractivity contribution in [3.8, 4) is 0 Å². The Bertz CT molecular complexity index is 1040. The van der Waals surface area contributed by atoms with E-state index in [1.54, 1.807) is 0 Å². The average Bonchev–Trinajstić information content (AvgIpc) is 2.80.